The maximum Gasteiger partial charge on any atom is 0.474 e. The normalized spacial score (nSPS) is 36.4. The minimum absolute atomic E-state index is 0.138. The predicted octanol–water partition coefficient (Wildman–Crippen LogP) is -2.79. The molecule has 582 valence electrons. The summed E-state index contributed by atoms with van der Waals surface area (Å²) in [5.74, 6) is -6.40. The van der Waals surface area contributed by atoms with Gasteiger partial charge in [0.05, 0.1) is 32.5 Å². The maximum atomic E-state index is 14.1. The Hall–Kier alpha value is -5.37. The van der Waals surface area contributed by atoms with Gasteiger partial charge in [-0.3, -0.25) is 28.2 Å². The summed E-state index contributed by atoms with van der Waals surface area (Å²) < 4.78 is 88.3. The van der Waals surface area contributed by atoms with Crippen molar-refractivity contribution >= 4 is 43.5 Å². The third kappa shape index (κ3) is 24.6. The van der Waals surface area contributed by atoms with Crippen LogP contribution in [0.4, 0.5) is 4.79 Å². The average Bonchev–Trinajstić information content (AvgIpc) is 0.750. The number of hydrogen-bond acceptors (Lipinski definition) is 30. The lowest BCUT2D eigenvalue weighted by molar-refractivity contribution is -0.375. The van der Waals surface area contributed by atoms with Crippen molar-refractivity contribution < 1.29 is 156 Å². The van der Waals surface area contributed by atoms with Crippen LogP contribution in [0.2, 0.25) is 0 Å². The van der Waals surface area contributed by atoms with Gasteiger partial charge in [-0.25, -0.2) is 14.2 Å². The highest BCUT2D eigenvalue weighted by Gasteiger charge is 2.62. The van der Waals surface area contributed by atoms with Gasteiger partial charge in [0.1, 0.15) is 90.9 Å². The lowest BCUT2D eigenvalue weighted by atomic mass is 9.85. The summed E-state index contributed by atoms with van der Waals surface area (Å²) in [5, 5.41) is 125. The zero-order valence-electron chi connectivity index (χ0n) is 58.5. The van der Waals surface area contributed by atoms with E-state index >= 15 is 0 Å². The third-order valence-corrected chi connectivity index (χ3v) is 18.5. The number of rotatable bonds is 36. The van der Waals surface area contributed by atoms with Crippen LogP contribution in [0.15, 0.2) is 59.3 Å². The Labute approximate surface area is 589 Å². The number of carbonyl (C=O) groups is 6. The van der Waals surface area contributed by atoms with Gasteiger partial charge in [-0.15, -0.1) is 0 Å². The van der Waals surface area contributed by atoms with Crippen molar-refractivity contribution in [1.82, 2.24) is 10.6 Å². The molecule has 38 heteroatoms. The minimum atomic E-state index is -5.82. The SMILES string of the molecule is C=C(C/C=C(/C)CCC=C(C)C)CCC(C)(C)/C=C/CC/C(C)=C\CO[C@H](COP(=O)(O)O[C@@H]1O[C@H](C(N)=O)[C@@](C)(O)[C@H](OC(N)=O)[C@H]1O[C@@H]1O[C@H](CO[C@@H]2O[C@H](CO)[C@@H](O)[C@H](O)[C@H]2O)[C@@H](O[C@@H]2O[C@@H](C)C(O[C@H]3O[C@@H](C(N)=O)[C@H](O)[C@@H](O)[C@@H]3O)[C@H](O)[C@H]2NC(C)=O)[C@H](O)[C@H]1NC(C)=O)C(=O)O. The number of aliphatic hydroxyl groups excluding tert-OH is 9. The highest BCUT2D eigenvalue weighted by atomic mass is 31.2. The second-order valence-corrected chi connectivity index (χ2v) is 28.4. The number of carboxylic acids is 1. The molecule has 0 saturated carbocycles. The van der Waals surface area contributed by atoms with Crippen LogP contribution in [0.3, 0.4) is 0 Å². The van der Waals surface area contributed by atoms with Gasteiger partial charge in [-0.1, -0.05) is 73.1 Å². The molecular formula is C64H104N5O32P. The minimum Gasteiger partial charge on any atom is -0.479 e. The Morgan fingerprint density at radius 1 is 0.667 bits per heavy atom. The van der Waals surface area contributed by atoms with Crippen LogP contribution < -0.4 is 27.8 Å². The number of amides is 5. The molecule has 5 amide bonds. The quantitative estimate of drug-likeness (QED) is 0.0223. The number of aliphatic carboxylic acids is 1. The first kappa shape index (κ1) is 87.3. The van der Waals surface area contributed by atoms with Gasteiger partial charge in [0.2, 0.25) is 23.6 Å². The standard InChI is InChI=1S/C64H104N5O32P/c1-28(2)15-14-17-29(3)18-19-31(5)20-23-63(9,10)22-13-12-16-30(4)21-24-89-37(56(83)84)27-91-102(87,88)101-61-51(52(100-62(67)85)64(11,86)53(99-61)55(66)82)98-58-39(69-34(8)72)42(75)49(36(94-58)26-90-59-46(79)43(76)40(73)35(25-70)93-59)96-57-38(68-33(7)71)41(74)48(32(6)92-57)95-60-47(80)44(77)45(78)50(97-60)54(65)81/h13,15,18,21-22,32,35-53,57-61,70,73-80,86H,5,12,14,16-17,19-20,23-27H2,1-4,6-11H3,(H2,65,81)(H2,66,82)(H2,67,85)(H,68,71)(H,69,72)(H,83,84)(H,87,88)/b22-13+,29-18-,30-21-/t32-,35+,36+,37+,38+,39+,40+,41+,42+,43-,44+,45+,46+,47-,48?,49+,50+,51+,52+,53+,57-,58-,59+,60-,61-,64-/m0/s1. The van der Waals surface area contributed by atoms with E-state index < -0.39 is 222 Å². The van der Waals surface area contributed by atoms with Crippen molar-refractivity contribution in [3.05, 3.63) is 59.3 Å². The molecule has 5 heterocycles. The smallest absolute Gasteiger partial charge is 0.474 e. The van der Waals surface area contributed by atoms with Crippen LogP contribution in [-0.2, 0) is 89.7 Å². The fraction of sp³-hybridized carbons (Fsp3) is 0.750. The number of carboxylic acid groups (broad SMARTS) is 1. The summed E-state index contributed by atoms with van der Waals surface area (Å²) in [7, 11) is -5.82. The molecular weight excluding hydrogens is 1380 g/mol. The fourth-order valence-corrected chi connectivity index (χ4v) is 12.5. The summed E-state index contributed by atoms with van der Waals surface area (Å²) in [4.78, 5) is 87.8. The fourth-order valence-electron chi connectivity index (χ4n) is 11.7. The number of phosphoric ester groups is 1. The van der Waals surface area contributed by atoms with E-state index in [4.69, 9.17) is 78.4 Å². The number of hydrogen-bond donors (Lipinski definition) is 17. The van der Waals surface area contributed by atoms with Gasteiger partial charge in [0.15, 0.2) is 62.0 Å². The summed E-state index contributed by atoms with van der Waals surface area (Å²) in [6, 6.07) is -3.90. The van der Waals surface area contributed by atoms with Gasteiger partial charge in [0, 0.05) is 13.8 Å². The van der Waals surface area contributed by atoms with Crippen molar-refractivity contribution in [3.8, 4) is 0 Å². The first-order valence-electron chi connectivity index (χ1n) is 33.0. The van der Waals surface area contributed by atoms with Crippen molar-refractivity contribution in [2.24, 2.45) is 22.6 Å². The Kier molecular flexibility index (Phi) is 33.2. The Morgan fingerprint density at radius 2 is 1.23 bits per heavy atom. The number of aliphatic hydroxyl groups is 10. The summed E-state index contributed by atoms with van der Waals surface area (Å²) in [5.41, 5.74) is 17.9. The van der Waals surface area contributed by atoms with Gasteiger partial charge >= 0.3 is 19.9 Å². The Morgan fingerprint density at radius 3 is 1.80 bits per heavy atom. The molecule has 0 aliphatic carbocycles. The number of primary amides is 3. The predicted molar refractivity (Wildman–Crippen MR) is 349 cm³/mol. The Balaban J connectivity index is 1.41. The molecule has 102 heavy (non-hydrogen) atoms. The van der Waals surface area contributed by atoms with Crippen molar-refractivity contribution in [2.75, 3.05) is 26.4 Å². The van der Waals surface area contributed by atoms with Crippen LogP contribution in [0, 0.1) is 5.41 Å². The molecule has 0 aromatic heterocycles. The summed E-state index contributed by atoms with van der Waals surface area (Å²) in [6.45, 7) is 16.9. The molecule has 0 aromatic rings. The van der Waals surface area contributed by atoms with Crippen molar-refractivity contribution in [1.29, 1.82) is 0 Å². The molecule has 5 aliphatic heterocycles. The van der Waals surface area contributed by atoms with E-state index in [1.54, 1.807) is 13.0 Å². The van der Waals surface area contributed by atoms with E-state index in [9.17, 15) is 94.4 Å². The number of nitrogens with one attached hydrogen (secondary N) is 2. The van der Waals surface area contributed by atoms with Crippen LogP contribution in [0.5, 0.6) is 0 Å². The number of allylic oxidation sites excluding steroid dienone is 8. The van der Waals surface area contributed by atoms with Gasteiger partial charge in [0.25, 0.3) is 0 Å². The van der Waals surface area contributed by atoms with Crippen LogP contribution in [-0.4, -0.2) is 282 Å². The molecule has 0 aromatic carbocycles. The lowest BCUT2D eigenvalue weighted by Crippen LogP contribution is -2.72. The highest BCUT2D eigenvalue weighted by molar-refractivity contribution is 7.47. The van der Waals surface area contributed by atoms with Crippen LogP contribution in [0.1, 0.15) is 114 Å². The van der Waals surface area contributed by atoms with Gasteiger partial charge < -0.3 is 141 Å². The first-order chi connectivity index (χ1) is 47.5. The van der Waals surface area contributed by atoms with E-state index in [1.165, 1.54) is 18.1 Å². The molecule has 27 atom stereocenters. The zero-order valence-corrected chi connectivity index (χ0v) is 59.4. The largest absolute Gasteiger partial charge is 0.479 e. The van der Waals surface area contributed by atoms with E-state index in [2.05, 4.69) is 70.1 Å². The number of nitrogens with two attached hydrogens (primary N) is 3. The number of carbonyl (C=O) groups excluding carboxylic acids is 5. The zero-order chi connectivity index (χ0) is 76.6. The molecule has 5 fully saturated rings. The van der Waals surface area contributed by atoms with Crippen molar-refractivity contribution in [3.63, 3.8) is 0 Å². The molecule has 2 unspecified atom stereocenters. The summed E-state index contributed by atoms with van der Waals surface area (Å²) >= 11 is 0. The maximum absolute atomic E-state index is 14.1. The molecule has 0 bridgehead atoms. The van der Waals surface area contributed by atoms with Crippen molar-refractivity contribution in [2.45, 2.75) is 273 Å². The molecule has 5 saturated heterocycles. The molecule has 5 rings (SSSR count). The first-order valence-corrected chi connectivity index (χ1v) is 34.5. The number of phosphoric acid groups is 1. The van der Waals surface area contributed by atoms with Gasteiger partial charge in [-0.2, -0.15) is 0 Å². The van der Waals surface area contributed by atoms with E-state index in [-0.39, 0.29) is 12.0 Å². The lowest BCUT2D eigenvalue weighted by Gasteiger charge is -2.52. The topological polar surface area (TPSA) is 584 Å². The monoisotopic (exact) mass is 1490 g/mol. The van der Waals surface area contributed by atoms with Crippen LogP contribution >= 0.6 is 7.82 Å². The molecule has 5 aliphatic rings. The Bertz CT molecular complexity index is 3000. The molecule has 0 spiro atoms. The van der Waals surface area contributed by atoms with E-state index in [0.29, 0.717) is 12.8 Å². The molecule has 0 radical (unpaired) electrons. The summed E-state index contributed by atoms with van der Waals surface area (Å²) in [6.07, 6.45) is -33.7. The average molecular weight is 1490 g/mol. The second kappa shape index (κ2) is 38.8. The van der Waals surface area contributed by atoms with Gasteiger partial charge in [-0.05, 0) is 91.9 Å². The van der Waals surface area contributed by atoms with E-state index in [1.807, 2.05) is 6.08 Å². The van der Waals surface area contributed by atoms with Crippen LogP contribution in [0.25, 0.3) is 0 Å². The highest BCUT2D eigenvalue weighted by Crippen LogP contribution is 2.49. The van der Waals surface area contributed by atoms with E-state index in [0.717, 1.165) is 64.0 Å². The molecule has 37 nitrogen and oxygen atoms in total. The number of ether oxygens (including phenoxy) is 11. The second-order valence-electron chi connectivity index (χ2n) is 27.0. The third-order valence-electron chi connectivity index (χ3n) is 17.5. The molecule has 20 N–H and O–H groups in total.